The summed E-state index contributed by atoms with van der Waals surface area (Å²) in [5.41, 5.74) is -1.06. The smallest absolute Gasteiger partial charge is 0.379 e. The first-order valence-electron chi connectivity index (χ1n) is 9.53. The summed E-state index contributed by atoms with van der Waals surface area (Å²) in [7, 11) is -4.19. The minimum atomic E-state index is -4.60. The highest BCUT2D eigenvalue weighted by Crippen LogP contribution is 2.31. The fraction of sp³-hybridized carbons (Fsp3) is 0.350. The number of rotatable bonds is 7. The molecule has 1 heterocycles. The van der Waals surface area contributed by atoms with Crippen LogP contribution in [-0.2, 0) is 20.9 Å². The molecule has 2 aromatic carbocycles. The Morgan fingerprint density at radius 3 is 2.44 bits per heavy atom. The van der Waals surface area contributed by atoms with Crippen molar-refractivity contribution in [1.29, 1.82) is 0 Å². The molecule has 2 N–H and O–H groups in total. The van der Waals surface area contributed by atoms with Crippen LogP contribution in [0.5, 0.6) is 0 Å². The summed E-state index contributed by atoms with van der Waals surface area (Å²) in [6, 6.07) is 9.19. The van der Waals surface area contributed by atoms with Gasteiger partial charge in [-0.2, -0.15) is 13.2 Å². The van der Waals surface area contributed by atoms with Gasteiger partial charge in [0.15, 0.2) is 0 Å². The highest BCUT2D eigenvalue weighted by molar-refractivity contribution is 7.92. The van der Waals surface area contributed by atoms with Crippen molar-refractivity contribution in [3.05, 3.63) is 59.7 Å². The maximum Gasteiger partial charge on any atom is 0.416 e. The van der Waals surface area contributed by atoms with E-state index in [1.54, 1.807) is 0 Å². The molecule has 1 aliphatic rings. The molecule has 1 fully saturated rings. The van der Waals surface area contributed by atoms with Crippen LogP contribution in [0.4, 0.5) is 18.9 Å². The lowest BCUT2D eigenvalue weighted by Gasteiger charge is -2.26. The molecular weight excluding hydrogens is 471 g/mol. The lowest BCUT2D eigenvalue weighted by atomic mass is 10.2. The molecule has 0 bridgehead atoms. The first kappa shape index (κ1) is 25.9. The van der Waals surface area contributed by atoms with Gasteiger partial charge >= 0.3 is 6.18 Å². The van der Waals surface area contributed by atoms with E-state index in [1.807, 2.05) is 0 Å². The fourth-order valence-electron chi connectivity index (χ4n) is 3.03. The minimum absolute atomic E-state index is 0. The monoisotopic (exact) mass is 493 g/mol. The van der Waals surface area contributed by atoms with E-state index in [1.165, 1.54) is 30.3 Å². The number of nitrogens with one attached hydrogen (secondary N) is 2. The van der Waals surface area contributed by atoms with Crippen LogP contribution in [0.1, 0.15) is 15.9 Å². The van der Waals surface area contributed by atoms with Crippen LogP contribution in [0.25, 0.3) is 0 Å². The van der Waals surface area contributed by atoms with Gasteiger partial charge in [-0.25, -0.2) is 8.42 Å². The Labute approximate surface area is 190 Å². The van der Waals surface area contributed by atoms with Gasteiger partial charge in [-0.05, 0) is 36.4 Å². The lowest BCUT2D eigenvalue weighted by Crippen LogP contribution is -2.41. The summed E-state index contributed by atoms with van der Waals surface area (Å²) < 4.78 is 71.2. The van der Waals surface area contributed by atoms with Gasteiger partial charge in [-0.15, -0.1) is 12.4 Å². The molecule has 3 rings (SSSR count). The van der Waals surface area contributed by atoms with Crippen LogP contribution < -0.4 is 10.0 Å². The van der Waals surface area contributed by atoms with Crippen molar-refractivity contribution in [3.63, 3.8) is 0 Å². The highest BCUT2D eigenvalue weighted by atomic mass is 35.5. The fourth-order valence-corrected chi connectivity index (χ4v) is 4.13. The second-order valence-electron chi connectivity index (χ2n) is 6.92. The molecule has 0 unspecified atom stereocenters. The van der Waals surface area contributed by atoms with Gasteiger partial charge in [-0.3, -0.25) is 14.4 Å². The number of hydrogen-bond donors (Lipinski definition) is 2. The summed E-state index contributed by atoms with van der Waals surface area (Å²) in [5, 5.41) is 2.74. The summed E-state index contributed by atoms with van der Waals surface area (Å²) in [6.07, 6.45) is -4.60. The van der Waals surface area contributed by atoms with Crippen LogP contribution in [0.15, 0.2) is 53.4 Å². The molecule has 0 aliphatic carbocycles. The molecule has 32 heavy (non-hydrogen) atoms. The van der Waals surface area contributed by atoms with Crippen molar-refractivity contribution < 1.29 is 31.1 Å². The van der Waals surface area contributed by atoms with Crippen molar-refractivity contribution in [3.8, 4) is 0 Å². The topological polar surface area (TPSA) is 87.7 Å². The number of ether oxygens (including phenoxy) is 1. The number of carbonyl (C=O) groups is 1. The van der Waals surface area contributed by atoms with Gasteiger partial charge in [0.1, 0.15) is 0 Å². The maximum absolute atomic E-state index is 12.9. The molecule has 176 valence electrons. The second-order valence-corrected chi connectivity index (χ2v) is 8.60. The molecule has 0 aromatic heterocycles. The lowest BCUT2D eigenvalue weighted by molar-refractivity contribution is -0.137. The molecule has 0 radical (unpaired) electrons. The van der Waals surface area contributed by atoms with Gasteiger partial charge in [0.2, 0.25) is 0 Å². The van der Waals surface area contributed by atoms with E-state index < -0.39 is 27.7 Å². The van der Waals surface area contributed by atoms with Crippen LogP contribution in [0, 0.1) is 0 Å². The van der Waals surface area contributed by atoms with Crippen LogP contribution in [-0.4, -0.2) is 58.6 Å². The molecule has 1 amide bonds. The van der Waals surface area contributed by atoms with E-state index in [2.05, 4.69) is 14.9 Å². The number of nitrogens with zero attached hydrogens (tertiary/aromatic N) is 1. The third-order valence-electron chi connectivity index (χ3n) is 4.67. The molecule has 12 heteroatoms. The van der Waals surface area contributed by atoms with Gasteiger partial charge in [0.25, 0.3) is 15.9 Å². The number of sulfonamides is 1. The van der Waals surface area contributed by atoms with E-state index in [4.69, 9.17) is 4.74 Å². The van der Waals surface area contributed by atoms with Crippen molar-refractivity contribution in [1.82, 2.24) is 10.2 Å². The molecule has 0 spiro atoms. The van der Waals surface area contributed by atoms with Crippen molar-refractivity contribution in [2.45, 2.75) is 11.1 Å². The zero-order valence-electron chi connectivity index (χ0n) is 16.9. The Hall–Kier alpha value is -2.34. The highest BCUT2D eigenvalue weighted by Gasteiger charge is 2.30. The number of morpholine rings is 1. The Morgan fingerprint density at radius 2 is 1.75 bits per heavy atom. The summed E-state index contributed by atoms with van der Waals surface area (Å²) in [6.45, 7) is 3.89. The molecule has 1 saturated heterocycles. The van der Waals surface area contributed by atoms with Gasteiger partial charge in [0, 0.05) is 37.4 Å². The number of anilines is 1. The molecule has 2 aromatic rings. The molecular formula is C20H23ClF3N3O4S. The van der Waals surface area contributed by atoms with Gasteiger partial charge in [-0.1, -0.05) is 12.1 Å². The van der Waals surface area contributed by atoms with Crippen LogP contribution >= 0.6 is 12.4 Å². The Morgan fingerprint density at radius 1 is 1.06 bits per heavy atom. The summed E-state index contributed by atoms with van der Waals surface area (Å²) in [5.74, 6) is -0.440. The molecule has 1 aliphatic heterocycles. The van der Waals surface area contributed by atoms with E-state index in [0.29, 0.717) is 32.4 Å². The van der Waals surface area contributed by atoms with Gasteiger partial charge in [0.05, 0.1) is 23.7 Å². The van der Waals surface area contributed by atoms with Crippen LogP contribution in [0.2, 0.25) is 0 Å². The molecule has 0 atom stereocenters. The third kappa shape index (κ3) is 7.09. The SMILES string of the molecule is Cl.O=C(NCCN1CCOCC1)c1cccc(S(=O)(=O)Nc2cccc(C(F)(F)F)c2)c1. The summed E-state index contributed by atoms with van der Waals surface area (Å²) in [4.78, 5) is 14.3. The zero-order valence-corrected chi connectivity index (χ0v) is 18.5. The van der Waals surface area contributed by atoms with Crippen molar-refractivity contribution in [2.24, 2.45) is 0 Å². The zero-order chi connectivity index (χ0) is 22.5. The van der Waals surface area contributed by atoms with E-state index >= 15 is 0 Å². The van der Waals surface area contributed by atoms with Crippen molar-refractivity contribution >= 4 is 34.0 Å². The minimum Gasteiger partial charge on any atom is -0.379 e. The second kappa shape index (κ2) is 11.0. The quantitative estimate of drug-likeness (QED) is 0.619. The van der Waals surface area contributed by atoms with E-state index in [0.717, 1.165) is 25.2 Å². The number of benzene rings is 2. The third-order valence-corrected chi connectivity index (χ3v) is 6.04. The predicted octanol–water partition coefficient (Wildman–Crippen LogP) is 2.99. The number of alkyl halides is 3. The maximum atomic E-state index is 12.9. The van der Waals surface area contributed by atoms with Crippen LogP contribution in [0.3, 0.4) is 0 Å². The first-order chi connectivity index (χ1) is 14.6. The molecule has 0 saturated carbocycles. The largest absolute Gasteiger partial charge is 0.416 e. The first-order valence-corrected chi connectivity index (χ1v) is 11.0. The average molecular weight is 494 g/mol. The Kier molecular flexibility index (Phi) is 8.90. The number of halogens is 4. The Balaban J connectivity index is 0.00000363. The van der Waals surface area contributed by atoms with E-state index in [-0.39, 0.29) is 28.6 Å². The number of amides is 1. The van der Waals surface area contributed by atoms with Crippen molar-refractivity contribution in [2.75, 3.05) is 44.1 Å². The average Bonchev–Trinajstić information content (AvgIpc) is 2.74. The standard InChI is InChI=1S/C20H22F3N3O4S.ClH/c21-20(22,23)16-4-2-5-17(14-16)25-31(28,29)18-6-1-3-15(13-18)19(27)24-7-8-26-9-11-30-12-10-26;/h1-6,13-14,25H,7-12H2,(H,24,27);1H. The predicted molar refractivity (Wildman–Crippen MR) is 116 cm³/mol. The normalized spacial score (nSPS) is 15.0. The number of carbonyl (C=O) groups excluding carboxylic acids is 1. The Bertz CT molecular complexity index is 1030. The summed E-state index contributed by atoms with van der Waals surface area (Å²) >= 11 is 0. The molecule has 7 nitrogen and oxygen atoms in total. The number of hydrogen-bond acceptors (Lipinski definition) is 5. The van der Waals surface area contributed by atoms with Gasteiger partial charge < -0.3 is 10.1 Å². The van der Waals surface area contributed by atoms with E-state index in [9.17, 15) is 26.4 Å².